The van der Waals surface area contributed by atoms with Gasteiger partial charge < -0.3 is 33.6 Å². The van der Waals surface area contributed by atoms with Gasteiger partial charge in [-0.3, -0.25) is 0 Å². The van der Waals surface area contributed by atoms with E-state index in [1.165, 1.54) is 5.57 Å². The van der Waals surface area contributed by atoms with E-state index >= 15 is 0 Å². The first kappa shape index (κ1) is 27.2. The Hall–Kier alpha value is -4.99. The first-order valence-corrected chi connectivity index (χ1v) is 13.9. The van der Waals surface area contributed by atoms with Crippen molar-refractivity contribution in [2.45, 2.75) is 31.7 Å². The van der Waals surface area contributed by atoms with Crippen molar-refractivity contribution in [1.82, 2.24) is 10.2 Å². The van der Waals surface area contributed by atoms with Gasteiger partial charge in [0, 0.05) is 31.9 Å². The fraction of sp³-hybridized carbons (Fsp3) is 0.281. The van der Waals surface area contributed by atoms with Crippen molar-refractivity contribution >= 4 is 23.3 Å². The molecule has 2 aromatic carbocycles. The van der Waals surface area contributed by atoms with Crippen LogP contribution in [0.4, 0.5) is 17.4 Å². The molecule has 1 aliphatic carbocycles. The fourth-order valence-electron chi connectivity index (χ4n) is 4.85. The van der Waals surface area contributed by atoms with Crippen molar-refractivity contribution in [3.05, 3.63) is 102 Å². The molecule has 3 heterocycles. The standard InChI is InChI=1S/C32H33N5O5/c1-37(2)24-13-14-26(27(17-24)33-28(29-19-39-21-40-29)16-23-11-7-4-8-12-23)31-35-36-32(42-31)34-30-20-38-18-25(41-30)15-22-9-5-3-6-10-22/h3-5,7-9,11-14,17-19,28,33H,6,10,15-16,20-21H2,1-2H3. The zero-order chi connectivity index (χ0) is 28.7. The Kier molecular flexibility index (Phi) is 8.21. The summed E-state index contributed by atoms with van der Waals surface area (Å²) in [6.07, 6.45) is 13.0. The largest absolute Gasteiger partial charge is 0.488 e. The third-order valence-electron chi connectivity index (χ3n) is 7.01. The van der Waals surface area contributed by atoms with Gasteiger partial charge in [0.05, 0.1) is 11.6 Å². The molecule has 0 spiro atoms. The second kappa shape index (κ2) is 12.7. The number of hydrogen-bond acceptors (Lipinski definition) is 10. The number of anilines is 2. The van der Waals surface area contributed by atoms with E-state index in [4.69, 9.17) is 23.4 Å². The highest BCUT2D eigenvalue weighted by Crippen LogP contribution is 2.34. The topological polar surface area (TPSA) is 103 Å². The van der Waals surface area contributed by atoms with Gasteiger partial charge in [-0.05, 0) is 43.0 Å². The van der Waals surface area contributed by atoms with Crippen LogP contribution in [0.3, 0.4) is 0 Å². The van der Waals surface area contributed by atoms with Crippen LogP contribution in [-0.2, 0) is 25.4 Å². The number of aromatic nitrogens is 2. The van der Waals surface area contributed by atoms with Crippen LogP contribution in [0.5, 0.6) is 0 Å². The smallest absolute Gasteiger partial charge is 0.345 e. The normalized spacial score (nSPS) is 17.7. The third kappa shape index (κ3) is 6.65. The van der Waals surface area contributed by atoms with Gasteiger partial charge >= 0.3 is 6.01 Å². The van der Waals surface area contributed by atoms with Crippen molar-refractivity contribution in [2.24, 2.45) is 4.99 Å². The van der Waals surface area contributed by atoms with Crippen LogP contribution >= 0.6 is 0 Å². The van der Waals surface area contributed by atoms with Crippen LogP contribution in [-0.4, -0.2) is 49.6 Å². The summed E-state index contributed by atoms with van der Waals surface area (Å²) >= 11 is 0. The number of ether oxygens (including phenoxy) is 4. The molecule has 10 heteroatoms. The summed E-state index contributed by atoms with van der Waals surface area (Å²) in [6.45, 7) is 0.375. The molecule has 1 aromatic heterocycles. The van der Waals surface area contributed by atoms with E-state index < -0.39 is 0 Å². The van der Waals surface area contributed by atoms with E-state index in [0.29, 0.717) is 30.4 Å². The minimum atomic E-state index is -0.193. The van der Waals surface area contributed by atoms with Crippen LogP contribution in [0.2, 0.25) is 0 Å². The lowest BCUT2D eigenvalue weighted by atomic mass is 10.0. The summed E-state index contributed by atoms with van der Waals surface area (Å²) in [5, 5.41) is 12.1. The number of rotatable bonds is 10. The second-order valence-corrected chi connectivity index (χ2v) is 10.3. The summed E-state index contributed by atoms with van der Waals surface area (Å²) in [4.78, 5) is 6.48. The predicted molar refractivity (Wildman–Crippen MR) is 160 cm³/mol. The minimum absolute atomic E-state index is 0.0865. The van der Waals surface area contributed by atoms with Gasteiger partial charge in [-0.15, -0.1) is 5.10 Å². The van der Waals surface area contributed by atoms with Gasteiger partial charge in [-0.2, -0.15) is 4.99 Å². The van der Waals surface area contributed by atoms with Crippen molar-refractivity contribution in [3.8, 4) is 11.5 Å². The SMILES string of the molecule is CN(C)c1ccc(-c2nnc(N=C3COC=C(CC4=CC=CCC4)O3)o2)c(NC(Cc2ccccc2)C2=COCO2)c1. The van der Waals surface area contributed by atoms with Crippen LogP contribution in [0.1, 0.15) is 24.8 Å². The van der Waals surface area contributed by atoms with Crippen LogP contribution < -0.4 is 10.2 Å². The molecule has 1 N–H and O–H groups in total. The molecule has 0 radical (unpaired) electrons. The molecule has 3 aromatic rings. The molecule has 216 valence electrons. The first-order valence-electron chi connectivity index (χ1n) is 13.9. The molecule has 0 saturated carbocycles. The third-order valence-corrected chi connectivity index (χ3v) is 7.01. The highest BCUT2D eigenvalue weighted by molar-refractivity contribution is 5.81. The quantitative estimate of drug-likeness (QED) is 0.304. The first-order chi connectivity index (χ1) is 20.6. The lowest BCUT2D eigenvalue weighted by Crippen LogP contribution is -2.26. The molecule has 2 aliphatic heterocycles. The second-order valence-electron chi connectivity index (χ2n) is 10.3. The lowest BCUT2D eigenvalue weighted by molar-refractivity contribution is 0.0764. The van der Waals surface area contributed by atoms with Crippen molar-refractivity contribution in [1.29, 1.82) is 0 Å². The molecule has 0 fully saturated rings. The Morgan fingerprint density at radius 1 is 1.05 bits per heavy atom. The fourth-order valence-corrected chi connectivity index (χ4v) is 4.85. The van der Waals surface area contributed by atoms with Gasteiger partial charge in [0.2, 0.25) is 12.7 Å². The van der Waals surface area contributed by atoms with Gasteiger partial charge in [0.25, 0.3) is 5.89 Å². The highest BCUT2D eigenvalue weighted by Gasteiger charge is 2.24. The number of nitrogens with one attached hydrogen (secondary N) is 1. The van der Waals surface area contributed by atoms with E-state index in [2.05, 4.69) is 50.9 Å². The summed E-state index contributed by atoms with van der Waals surface area (Å²) in [5.41, 5.74) is 4.99. The van der Waals surface area contributed by atoms with E-state index in [0.717, 1.165) is 41.1 Å². The maximum Gasteiger partial charge on any atom is 0.345 e. The molecule has 0 bridgehead atoms. The molecule has 0 saturated heterocycles. The van der Waals surface area contributed by atoms with E-state index in [1.54, 1.807) is 12.5 Å². The summed E-state index contributed by atoms with van der Waals surface area (Å²) < 4.78 is 28.8. The van der Waals surface area contributed by atoms with Gasteiger partial charge in [-0.25, -0.2) is 0 Å². The van der Waals surface area contributed by atoms with E-state index in [-0.39, 0.29) is 25.5 Å². The molecule has 6 rings (SSSR count). The Bertz CT molecular complexity index is 1550. The molecule has 3 aliphatic rings. The van der Waals surface area contributed by atoms with Gasteiger partial charge in [0.1, 0.15) is 18.3 Å². The molecule has 0 amide bonds. The van der Waals surface area contributed by atoms with E-state index in [9.17, 15) is 0 Å². The average Bonchev–Trinajstić information content (AvgIpc) is 3.71. The molecular weight excluding hydrogens is 534 g/mol. The van der Waals surface area contributed by atoms with Gasteiger partial charge in [-0.1, -0.05) is 59.2 Å². The maximum atomic E-state index is 6.01. The van der Waals surface area contributed by atoms with Gasteiger partial charge in [0.15, 0.2) is 12.4 Å². The summed E-state index contributed by atoms with van der Waals surface area (Å²) in [7, 11) is 3.99. The maximum absolute atomic E-state index is 6.01. The number of allylic oxidation sites excluding steroid dienone is 4. The number of nitrogens with zero attached hydrogens (tertiary/aromatic N) is 4. The van der Waals surface area contributed by atoms with E-state index in [1.807, 2.05) is 55.4 Å². The molecular formula is C32H33N5O5. The Balaban J connectivity index is 1.24. The number of aliphatic imine (C=N–C) groups is 1. The number of hydrogen-bond donors (Lipinski definition) is 1. The van der Waals surface area contributed by atoms with Crippen LogP contribution in [0.15, 0.2) is 106 Å². The zero-order valence-electron chi connectivity index (χ0n) is 23.7. The molecule has 42 heavy (non-hydrogen) atoms. The predicted octanol–water partition coefficient (Wildman–Crippen LogP) is 6.26. The van der Waals surface area contributed by atoms with Crippen molar-refractivity contribution in [3.63, 3.8) is 0 Å². The zero-order valence-corrected chi connectivity index (χ0v) is 23.7. The van der Waals surface area contributed by atoms with Crippen molar-refractivity contribution < 1.29 is 23.4 Å². The Labute approximate surface area is 244 Å². The Morgan fingerprint density at radius 2 is 1.95 bits per heavy atom. The summed E-state index contributed by atoms with van der Waals surface area (Å²) in [6, 6.07) is 16.1. The minimum Gasteiger partial charge on any atom is -0.488 e. The number of benzene rings is 2. The Morgan fingerprint density at radius 3 is 2.74 bits per heavy atom. The highest BCUT2D eigenvalue weighted by atomic mass is 16.7. The lowest BCUT2D eigenvalue weighted by Gasteiger charge is -2.23. The van der Waals surface area contributed by atoms with Crippen LogP contribution in [0.25, 0.3) is 11.5 Å². The van der Waals surface area contributed by atoms with Crippen LogP contribution in [0, 0.1) is 0 Å². The molecule has 10 nitrogen and oxygen atoms in total. The average molecular weight is 568 g/mol. The monoisotopic (exact) mass is 567 g/mol. The molecule has 1 atom stereocenters. The van der Waals surface area contributed by atoms with Crippen molar-refractivity contribution in [2.75, 3.05) is 37.7 Å². The molecule has 1 unspecified atom stereocenters. The summed E-state index contributed by atoms with van der Waals surface area (Å²) in [5.74, 6) is 2.11.